The molecule has 0 saturated carbocycles. The Morgan fingerprint density at radius 2 is 1.88 bits per heavy atom. The molecule has 0 aliphatic rings. The fourth-order valence-electron chi connectivity index (χ4n) is 2.54. The van der Waals surface area contributed by atoms with Gasteiger partial charge in [-0.05, 0) is 65.4 Å². The van der Waals surface area contributed by atoms with Gasteiger partial charge in [0.05, 0.1) is 17.7 Å². The molecule has 0 unspecified atom stereocenters. The zero-order valence-corrected chi connectivity index (χ0v) is 16.6. The summed E-state index contributed by atoms with van der Waals surface area (Å²) in [6.45, 7) is 13.1. The fourth-order valence-corrected chi connectivity index (χ4v) is 2.54. The van der Waals surface area contributed by atoms with Crippen LogP contribution in [0.2, 0.25) is 0 Å². The Kier molecular flexibility index (Phi) is 9.88. The second-order valence-corrected chi connectivity index (χ2v) is 6.55. The molecule has 1 N–H and O–H groups in total. The first kappa shape index (κ1) is 22.1. The first-order valence-electron chi connectivity index (χ1n) is 9.40. The molecule has 26 heavy (non-hydrogen) atoms. The number of nitrogens with zero attached hydrogens (tertiary/aromatic N) is 2. The number of hydrogen-bond donors (Lipinski definition) is 1. The molecule has 0 aliphatic carbocycles. The zero-order chi connectivity index (χ0) is 19.5. The maximum atomic E-state index is 13.8. The van der Waals surface area contributed by atoms with Crippen molar-refractivity contribution < 1.29 is 13.9 Å². The quantitative estimate of drug-likeness (QED) is 0.534. The minimum absolute atomic E-state index is 0.000215. The van der Waals surface area contributed by atoms with E-state index in [1.54, 1.807) is 12.1 Å². The van der Waals surface area contributed by atoms with Crippen molar-refractivity contribution >= 4 is 11.9 Å². The van der Waals surface area contributed by atoms with Crippen LogP contribution >= 0.6 is 0 Å². The number of amides is 1. The van der Waals surface area contributed by atoms with E-state index < -0.39 is 11.7 Å². The number of halogens is 1. The molecular weight excluding hydrogens is 333 g/mol. The van der Waals surface area contributed by atoms with Crippen LogP contribution in [-0.4, -0.2) is 48.6 Å². The second kappa shape index (κ2) is 11.6. The first-order chi connectivity index (χ1) is 12.4. The zero-order valence-electron chi connectivity index (χ0n) is 16.6. The van der Waals surface area contributed by atoms with Gasteiger partial charge in [-0.15, -0.1) is 0 Å². The van der Waals surface area contributed by atoms with Gasteiger partial charge >= 0.3 is 0 Å². The molecule has 0 bridgehead atoms. The molecule has 1 aromatic rings. The van der Waals surface area contributed by atoms with Gasteiger partial charge in [-0.3, -0.25) is 10.1 Å². The number of ether oxygens (including phenoxy) is 1. The molecule has 1 rings (SSSR count). The van der Waals surface area contributed by atoms with Crippen LogP contribution < -0.4 is 5.32 Å². The second-order valence-electron chi connectivity index (χ2n) is 6.55. The average molecular weight is 365 g/mol. The monoisotopic (exact) mass is 365 g/mol. The summed E-state index contributed by atoms with van der Waals surface area (Å²) in [5, 5.41) is 2.60. The van der Waals surface area contributed by atoms with Gasteiger partial charge in [0, 0.05) is 0 Å². The molecule has 1 aromatic carbocycles. The van der Waals surface area contributed by atoms with Gasteiger partial charge in [0.1, 0.15) is 5.82 Å². The van der Waals surface area contributed by atoms with Crippen LogP contribution in [0, 0.1) is 5.82 Å². The number of hydrogen-bond acceptors (Lipinski definition) is 4. The van der Waals surface area contributed by atoms with Crippen LogP contribution in [0.4, 0.5) is 4.39 Å². The highest BCUT2D eigenvalue weighted by Crippen LogP contribution is 2.08. The van der Waals surface area contributed by atoms with Gasteiger partial charge in [-0.25, -0.2) is 9.38 Å². The lowest BCUT2D eigenvalue weighted by molar-refractivity contribution is 0.0955. The van der Waals surface area contributed by atoms with Crippen molar-refractivity contribution in [2.75, 3.05) is 19.6 Å². The summed E-state index contributed by atoms with van der Waals surface area (Å²) in [5.41, 5.74) is -0.0262. The van der Waals surface area contributed by atoms with Gasteiger partial charge < -0.3 is 9.64 Å². The highest BCUT2D eigenvalue weighted by molar-refractivity contribution is 6.04. The molecule has 0 spiro atoms. The minimum Gasteiger partial charge on any atom is -0.462 e. The van der Waals surface area contributed by atoms with Crippen LogP contribution in [0.3, 0.4) is 0 Å². The maximum absolute atomic E-state index is 13.8. The van der Waals surface area contributed by atoms with Crippen molar-refractivity contribution in [3.8, 4) is 0 Å². The summed E-state index contributed by atoms with van der Waals surface area (Å²) in [4.78, 5) is 19.1. The Morgan fingerprint density at radius 1 is 1.23 bits per heavy atom. The number of rotatable bonds is 9. The molecule has 0 fully saturated rings. The third-order valence-electron chi connectivity index (χ3n) is 4.01. The van der Waals surface area contributed by atoms with Crippen LogP contribution in [0.15, 0.2) is 29.3 Å². The number of benzene rings is 1. The third kappa shape index (κ3) is 7.95. The molecule has 146 valence electrons. The van der Waals surface area contributed by atoms with Crippen LogP contribution in [0.1, 0.15) is 57.8 Å². The van der Waals surface area contributed by atoms with E-state index in [2.05, 4.69) is 29.1 Å². The smallest absolute Gasteiger partial charge is 0.292 e. The lowest BCUT2D eigenvalue weighted by atomic mass is 10.2. The minimum atomic E-state index is -0.568. The van der Waals surface area contributed by atoms with Crippen molar-refractivity contribution in [3.05, 3.63) is 35.6 Å². The molecule has 5 nitrogen and oxygen atoms in total. The lowest BCUT2D eigenvalue weighted by Gasteiger charge is -2.19. The summed E-state index contributed by atoms with van der Waals surface area (Å²) < 4.78 is 19.4. The Balaban J connectivity index is 2.71. The first-order valence-corrected chi connectivity index (χ1v) is 9.40. The molecular formula is C20H32FN3O2. The van der Waals surface area contributed by atoms with E-state index in [4.69, 9.17) is 4.74 Å². The highest BCUT2D eigenvalue weighted by Gasteiger charge is 2.16. The van der Waals surface area contributed by atoms with E-state index >= 15 is 0 Å². The number of aliphatic imine (C=N–C) groups is 1. The third-order valence-corrected chi connectivity index (χ3v) is 4.01. The van der Waals surface area contributed by atoms with Crippen LogP contribution in [0.5, 0.6) is 0 Å². The Morgan fingerprint density at radius 3 is 2.46 bits per heavy atom. The van der Waals surface area contributed by atoms with Crippen molar-refractivity contribution in [3.63, 3.8) is 0 Å². The number of carbonyl (C=O) groups excluding carboxylic acids is 1. The molecule has 1 amide bonds. The van der Waals surface area contributed by atoms with Gasteiger partial charge in [-0.1, -0.05) is 26.0 Å². The van der Waals surface area contributed by atoms with Gasteiger partial charge in [0.15, 0.2) is 0 Å². The van der Waals surface area contributed by atoms with Crippen LogP contribution in [-0.2, 0) is 4.74 Å². The lowest BCUT2D eigenvalue weighted by Crippen LogP contribution is -2.35. The normalized spacial score (nSPS) is 13.2. The summed E-state index contributed by atoms with van der Waals surface area (Å²) in [7, 11) is 0. The Bertz CT molecular complexity index is 586. The molecule has 0 aromatic heterocycles. The average Bonchev–Trinajstić information content (AvgIpc) is 2.58. The van der Waals surface area contributed by atoms with Crippen molar-refractivity contribution in [2.24, 2.45) is 4.99 Å². The van der Waals surface area contributed by atoms with E-state index in [1.165, 1.54) is 12.1 Å². The molecule has 0 saturated heterocycles. The number of carbonyl (C=O) groups is 1. The molecule has 0 heterocycles. The summed E-state index contributed by atoms with van der Waals surface area (Å²) in [6.07, 6.45) is 1.76. The highest BCUT2D eigenvalue weighted by atomic mass is 19.1. The van der Waals surface area contributed by atoms with Crippen molar-refractivity contribution in [1.29, 1.82) is 0 Å². The van der Waals surface area contributed by atoms with E-state index in [0.29, 0.717) is 0 Å². The molecule has 1 atom stereocenters. The van der Waals surface area contributed by atoms with Crippen LogP contribution in [0.25, 0.3) is 0 Å². The van der Waals surface area contributed by atoms with Gasteiger partial charge in [0.2, 0.25) is 0 Å². The number of amidine groups is 1. The van der Waals surface area contributed by atoms with E-state index in [0.717, 1.165) is 32.5 Å². The summed E-state index contributed by atoms with van der Waals surface area (Å²) in [6, 6.07) is 6.00. The van der Waals surface area contributed by atoms with Crippen molar-refractivity contribution in [1.82, 2.24) is 10.2 Å². The molecule has 6 heteroatoms. The Hall–Kier alpha value is -1.95. The van der Waals surface area contributed by atoms with Crippen molar-refractivity contribution in [2.45, 2.75) is 59.6 Å². The topological polar surface area (TPSA) is 53.9 Å². The van der Waals surface area contributed by atoms with Gasteiger partial charge in [0.25, 0.3) is 11.9 Å². The maximum Gasteiger partial charge on any atom is 0.292 e. The predicted molar refractivity (Wildman–Crippen MR) is 104 cm³/mol. The molecule has 0 aliphatic heterocycles. The van der Waals surface area contributed by atoms with E-state index in [1.807, 2.05) is 20.8 Å². The Labute approximate surface area is 156 Å². The van der Waals surface area contributed by atoms with E-state index in [-0.39, 0.29) is 23.7 Å². The molecule has 0 radical (unpaired) electrons. The fraction of sp³-hybridized carbons (Fsp3) is 0.600. The predicted octanol–water partition coefficient (Wildman–Crippen LogP) is 3.85. The standard InChI is InChI=1S/C20H32FN3O2/c1-6-24(7-2)14-10-11-16(5)22-20(26-15(3)4)23-19(25)17-12-8-9-13-18(17)21/h8-9,12-13,15-16H,6-7,10-11,14H2,1-5H3,(H,22,23,25)/t16-/m1/s1. The summed E-state index contributed by atoms with van der Waals surface area (Å²) >= 11 is 0. The van der Waals surface area contributed by atoms with E-state index in [9.17, 15) is 9.18 Å². The summed E-state index contributed by atoms with van der Waals surface area (Å²) in [5.74, 6) is -1.13. The largest absolute Gasteiger partial charge is 0.462 e. The van der Waals surface area contributed by atoms with Gasteiger partial charge in [-0.2, -0.15) is 0 Å². The SMILES string of the molecule is CCN(CC)CCC[C@@H](C)N=C(NC(=O)c1ccccc1F)OC(C)C. The number of nitrogens with one attached hydrogen (secondary N) is 1.